The van der Waals surface area contributed by atoms with Crippen LogP contribution in [-0.2, 0) is 4.79 Å². The van der Waals surface area contributed by atoms with Crippen LogP contribution in [0.4, 0.5) is 10.8 Å². The molecule has 0 atom stereocenters. The molecule has 112 valence electrons. The highest BCUT2D eigenvalue weighted by Gasteiger charge is 2.25. The number of hydrogen-bond acceptors (Lipinski definition) is 4. The molecule has 0 fully saturated rings. The van der Waals surface area contributed by atoms with E-state index in [4.69, 9.17) is 0 Å². The highest BCUT2D eigenvalue weighted by Crippen LogP contribution is 2.30. The molecule has 0 radical (unpaired) electrons. The summed E-state index contributed by atoms with van der Waals surface area (Å²) in [7, 11) is 0. The number of nitrogens with one attached hydrogen (secondary N) is 1. The van der Waals surface area contributed by atoms with Gasteiger partial charge in [-0.25, -0.2) is 9.98 Å². The molecule has 0 unspecified atom stereocenters. The van der Waals surface area contributed by atoms with E-state index in [-0.39, 0.29) is 5.91 Å². The minimum atomic E-state index is -0.182. The smallest absolute Gasteiger partial charge is 0.275 e. The Bertz CT molecular complexity index is 925. The second kappa shape index (κ2) is 5.44. The number of rotatable bonds is 2. The first kappa shape index (κ1) is 13.8. The molecule has 1 aromatic heterocycles. The molecule has 1 amide bonds. The Morgan fingerprint density at radius 2 is 1.87 bits per heavy atom. The van der Waals surface area contributed by atoms with Crippen molar-refractivity contribution in [3.8, 4) is 11.3 Å². The Hall–Kier alpha value is -2.79. The van der Waals surface area contributed by atoms with Crippen molar-refractivity contribution >= 4 is 33.8 Å². The van der Waals surface area contributed by atoms with Crippen molar-refractivity contribution in [1.29, 1.82) is 0 Å². The van der Waals surface area contributed by atoms with Gasteiger partial charge in [0.15, 0.2) is 0 Å². The van der Waals surface area contributed by atoms with Crippen molar-refractivity contribution in [3.63, 3.8) is 0 Å². The third kappa shape index (κ3) is 2.55. The number of para-hydroxylation sites is 1. The average molecular weight is 319 g/mol. The van der Waals surface area contributed by atoms with E-state index in [2.05, 4.69) is 34.3 Å². The lowest BCUT2D eigenvalue weighted by Crippen LogP contribution is -2.13. The van der Waals surface area contributed by atoms with Crippen LogP contribution in [0.3, 0.4) is 0 Å². The fraction of sp³-hybridized carbons (Fsp3) is 0.0556. The molecule has 4 nitrogen and oxygen atoms in total. The van der Waals surface area contributed by atoms with E-state index in [1.807, 2.05) is 41.8 Å². The van der Waals surface area contributed by atoms with Crippen molar-refractivity contribution < 1.29 is 4.79 Å². The number of amides is 1. The molecule has 0 bridgehead atoms. The summed E-state index contributed by atoms with van der Waals surface area (Å²) in [6.07, 6.45) is 0. The van der Waals surface area contributed by atoms with Gasteiger partial charge in [-0.15, -0.1) is 11.3 Å². The van der Waals surface area contributed by atoms with Crippen LogP contribution in [0.25, 0.3) is 11.3 Å². The standard InChI is InChI=1S/C18H13N3OS/c1-11-6-8-12(9-7-11)15-10-23-18(20-15)21-16-13-4-2-3-5-14(13)19-17(16)22/h2-10H,1H3,(H,19,20,21,22). The summed E-state index contributed by atoms with van der Waals surface area (Å²) in [6.45, 7) is 2.05. The van der Waals surface area contributed by atoms with Gasteiger partial charge in [0.25, 0.3) is 5.91 Å². The lowest BCUT2D eigenvalue weighted by atomic mass is 10.1. The molecule has 2 heterocycles. The largest absolute Gasteiger partial charge is 0.320 e. The van der Waals surface area contributed by atoms with Crippen molar-refractivity contribution in [3.05, 3.63) is 65.0 Å². The van der Waals surface area contributed by atoms with E-state index in [0.29, 0.717) is 10.8 Å². The van der Waals surface area contributed by atoms with Gasteiger partial charge in [-0.1, -0.05) is 48.0 Å². The SMILES string of the molecule is Cc1ccc(-c2csc(/N=C3\C(=O)Nc4ccccc43)n2)cc1. The summed E-state index contributed by atoms with van der Waals surface area (Å²) in [5.74, 6) is -0.182. The molecule has 1 aliphatic heterocycles. The minimum absolute atomic E-state index is 0.182. The minimum Gasteiger partial charge on any atom is -0.320 e. The molecule has 0 spiro atoms. The van der Waals surface area contributed by atoms with E-state index in [1.165, 1.54) is 16.9 Å². The molecule has 4 rings (SSSR count). The van der Waals surface area contributed by atoms with E-state index < -0.39 is 0 Å². The molecule has 3 aromatic rings. The number of carbonyl (C=O) groups excluding carboxylic acids is 1. The van der Waals surface area contributed by atoms with Crippen LogP contribution in [0.1, 0.15) is 11.1 Å². The van der Waals surface area contributed by atoms with Gasteiger partial charge < -0.3 is 5.32 Å². The average Bonchev–Trinajstić information content (AvgIpc) is 3.14. The maximum atomic E-state index is 12.1. The Morgan fingerprint density at radius 3 is 2.70 bits per heavy atom. The molecule has 23 heavy (non-hydrogen) atoms. The topological polar surface area (TPSA) is 54.4 Å². The molecular weight excluding hydrogens is 306 g/mol. The summed E-state index contributed by atoms with van der Waals surface area (Å²) in [4.78, 5) is 21.1. The molecule has 2 aromatic carbocycles. The summed E-state index contributed by atoms with van der Waals surface area (Å²) < 4.78 is 0. The first-order valence-electron chi connectivity index (χ1n) is 7.23. The van der Waals surface area contributed by atoms with Crippen molar-refractivity contribution in [1.82, 2.24) is 4.98 Å². The molecular formula is C18H13N3OS. The van der Waals surface area contributed by atoms with Gasteiger partial charge in [-0.3, -0.25) is 4.79 Å². The molecule has 0 saturated heterocycles. The van der Waals surface area contributed by atoms with E-state index in [9.17, 15) is 4.79 Å². The quantitative estimate of drug-likeness (QED) is 0.770. The second-order valence-corrected chi connectivity index (χ2v) is 6.18. The third-order valence-corrected chi connectivity index (χ3v) is 4.43. The van der Waals surface area contributed by atoms with Gasteiger partial charge in [0.05, 0.1) is 11.4 Å². The predicted molar refractivity (Wildman–Crippen MR) is 93.6 cm³/mol. The zero-order valence-electron chi connectivity index (χ0n) is 12.4. The first-order valence-corrected chi connectivity index (χ1v) is 8.11. The van der Waals surface area contributed by atoms with Gasteiger partial charge in [0.1, 0.15) is 5.71 Å². The molecule has 5 heteroatoms. The van der Waals surface area contributed by atoms with Gasteiger partial charge in [0, 0.05) is 16.5 Å². The molecule has 1 aliphatic rings. The second-order valence-electron chi connectivity index (χ2n) is 5.34. The lowest BCUT2D eigenvalue weighted by molar-refractivity contribution is -0.110. The maximum Gasteiger partial charge on any atom is 0.275 e. The maximum absolute atomic E-state index is 12.1. The van der Waals surface area contributed by atoms with Gasteiger partial charge in [-0.05, 0) is 13.0 Å². The van der Waals surface area contributed by atoms with Crippen LogP contribution in [0.5, 0.6) is 0 Å². The Kier molecular flexibility index (Phi) is 3.28. The van der Waals surface area contributed by atoms with Crippen molar-refractivity contribution in [2.75, 3.05) is 5.32 Å². The number of aryl methyl sites for hydroxylation is 1. The van der Waals surface area contributed by atoms with E-state index >= 15 is 0 Å². The number of anilines is 1. The van der Waals surface area contributed by atoms with Crippen LogP contribution < -0.4 is 5.32 Å². The van der Waals surface area contributed by atoms with Gasteiger partial charge in [-0.2, -0.15) is 0 Å². The number of hydrogen-bond donors (Lipinski definition) is 1. The number of aliphatic imine (C=N–C) groups is 1. The van der Waals surface area contributed by atoms with Crippen LogP contribution in [0.15, 0.2) is 58.9 Å². The molecule has 0 saturated carbocycles. The third-order valence-electron chi connectivity index (χ3n) is 3.69. The fourth-order valence-electron chi connectivity index (χ4n) is 2.48. The number of aromatic nitrogens is 1. The number of fused-ring (bicyclic) bond motifs is 1. The summed E-state index contributed by atoms with van der Waals surface area (Å²) in [6, 6.07) is 15.7. The fourth-order valence-corrected chi connectivity index (χ4v) is 3.18. The predicted octanol–water partition coefficient (Wildman–Crippen LogP) is 4.19. The summed E-state index contributed by atoms with van der Waals surface area (Å²) in [5, 5.41) is 5.37. The Morgan fingerprint density at radius 1 is 1.09 bits per heavy atom. The van der Waals surface area contributed by atoms with Gasteiger partial charge >= 0.3 is 0 Å². The van der Waals surface area contributed by atoms with Crippen molar-refractivity contribution in [2.24, 2.45) is 4.99 Å². The number of benzene rings is 2. The molecule has 1 N–H and O–H groups in total. The normalized spacial score (nSPS) is 14.8. The number of nitrogens with zero attached hydrogens (tertiary/aromatic N) is 2. The summed E-state index contributed by atoms with van der Waals surface area (Å²) in [5.41, 5.74) is 5.18. The van der Waals surface area contributed by atoms with Gasteiger partial charge in [0.2, 0.25) is 5.13 Å². The van der Waals surface area contributed by atoms with Crippen molar-refractivity contribution in [2.45, 2.75) is 6.92 Å². The monoisotopic (exact) mass is 319 g/mol. The van der Waals surface area contributed by atoms with Crippen LogP contribution in [0.2, 0.25) is 0 Å². The zero-order valence-corrected chi connectivity index (χ0v) is 13.2. The first-order chi connectivity index (χ1) is 11.2. The highest BCUT2D eigenvalue weighted by atomic mass is 32.1. The van der Waals surface area contributed by atoms with Crippen LogP contribution in [-0.4, -0.2) is 16.6 Å². The zero-order chi connectivity index (χ0) is 15.8. The Labute approximate surface area is 137 Å². The van der Waals surface area contributed by atoms with Crippen LogP contribution >= 0.6 is 11.3 Å². The number of thiazole rings is 1. The molecule has 0 aliphatic carbocycles. The summed E-state index contributed by atoms with van der Waals surface area (Å²) >= 11 is 1.43. The Balaban J connectivity index is 1.70. The van der Waals surface area contributed by atoms with Crippen LogP contribution in [0, 0.1) is 6.92 Å². The van der Waals surface area contributed by atoms with E-state index in [0.717, 1.165) is 22.5 Å². The lowest BCUT2D eigenvalue weighted by Gasteiger charge is -1.97. The number of carbonyl (C=O) groups is 1. The highest BCUT2D eigenvalue weighted by molar-refractivity contribution is 7.13. The van der Waals surface area contributed by atoms with E-state index in [1.54, 1.807) is 0 Å².